The Balaban J connectivity index is 1.54. The minimum absolute atomic E-state index is 0.215. The van der Waals surface area contributed by atoms with Crippen molar-refractivity contribution in [3.8, 4) is 11.5 Å². The van der Waals surface area contributed by atoms with E-state index >= 15 is 0 Å². The first-order valence-electron chi connectivity index (χ1n) is 9.24. The van der Waals surface area contributed by atoms with Crippen molar-refractivity contribution >= 4 is 23.2 Å². The third kappa shape index (κ3) is 6.10. The van der Waals surface area contributed by atoms with Gasteiger partial charge in [0.2, 0.25) is 0 Å². The number of ether oxygens (including phenoxy) is 2. The lowest BCUT2D eigenvalue weighted by Gasteiger charge is -2.14. The predicted octanol–water partition coefficient (Wildman–Crippen LogP) is 6.05. The molecule has 0 unspecified atom stereocenters. The van der Waals surface area contributed by atoms with E-state index in [9.17, 15) is 4.39 Å². The molecule has 0 aliphatic carbocycles. The summed E-state index contributed by atoms with van der Waals surface area (Å²) in [5.41, 5.74) is 2.91. The highest BCUT2D eigenvalue weighted by Gasteiger charge is 2.10. The van der Waals surface area contributed by atoms with E-state index in [1.54, 1.807) is 37.4 Å². The van der Waals surface area contributed by atoms with Crippen LogP contribution in [0.15, 0.2) is 60.7 Å². The van der Waals surface area contributed by atoms with Gasteiger partial charge in [0.15, 0.2) is 11.5 Å². The molecule has 29 heavy (non-hydrogen) atoms. The molecular formula is C23H22Cl2FNO2. The van der Waals surface area contributed by atoms with Gasteiger partial charge in [-0.1, -0.05) is 47.5 Å². The first-order valence-corrected chi connectivity index (χ1v) is 10.00. The van der Waals surface area contributed by atoms with Gasteiger partial charge >= 0.3 is 0 Å². The van der Waals surface area contributed by atoms with E-state index in [1.807, 2.05) is 18.2 Å². The molecule has 0 aliphatic rings. The molecule has 0 aliphatic heterocycles. The standard InChI is InChI=1S/C23H22Cl2FNO2/c1-28-23-13-17(14-27-12-11-16-5-8-18(26)9-6-16)7-10-22(23)29-15-19-20(24)3-2-4-21(19)25/h2-10,13,27H,11-12,14-15H2,1H3. The molecule has 1 N–H and O–H groups in total. The Morgan fingerprint density at radius 3 is 2.28 bits per heavy atom. The van der Waals surface area contributed by atoms with Crippen molar-refractivity contribution in [2.75, 3.05) is 13.7 Å². The minimum Gasteiger partial charge on any atom is -0.493 e. The fraction of sp³-hybridized carbons (Fsp3) is 0.217. The lowest BCUT2D eigenvalue weighted by Crippen LogP contribution is -2.16. The van der Waals surface area contributed by atoms with Crippen LogP contribution in [-0.2, 0) is 19.6 Å². The highest BCUT2D eigenvalue weighted by Crippen LogP contribution is 2.31. The van der Waals surface area contributed by atoms with E-state index in [0.717, 1.165) is 29.7 Å². The summed E-state index contributed by atoms with van der Waals surface area (Å²) in [6.07, 6.45) is 0.831. The average molecular weight is 434 g/mol. The largest absolute Gasteiger partial charge is 0.493 e. The summed E-state index contributed by atoms with van der Waals surface area (Å²) in [5.74, 6) is 1.05. The van der Waals surface area contributed by atoms with E-state index in [0.29, 0.717) is 28.1 Å². The second kappa shape index (κ2) is 10.5. The molecule has 152 valence electrons. The van der Waals surface area contributed by atoms with Gasteiger partial charge in [-0.15, -0.1) is 0 Å². The smallest absolute Gasteiger partial charge is 0.161 e. The van der Waals surface area contributed by atoms with Crippen LogP contribution < -0.4 is 14.8 Å². The summed E-state index contributed by atoms with van der Waals surface area (Å²) in [7, 11) is 1.61. The van der Waals surface area contributed by atoms with Crippen molar-refractivity contribution in [1.29, 1.82) is 0 Å². The minimum atomic E-state index is -0.215. The molecule has 6 heteroatoms. The van der Waals surface area contributed by atoms with Gasteiger partial charge in [0, 0.05) is 22.2 Å². The number of hydrogen-bond donors (Lipinski definition) is 1. The maximum absolute atomic E-state index is 12.9. The van der Waals surface area contributed by atoms with Crippen LogP contribution in [0.1, 0.15) is 16.7 Å². The Bertz CT molecular complexity index is 928. The lowest BCUT2D eigenvalue weighted by molar-refractivity contribution is 0.284. The van der Waals surface area contributed by atoms with Crippen molar-refractivity contribution in [3.05, 3.63) is 93.2 Å². The van der Waals surface area contributed by atoms with Crippen molar-refractivity contribution < 1.29 is 13.9 Å². The maximum Gasteiger partial charge on any atom is 0.161 e. The summed E-state index contributed by atoms with van der Waals surface area (Å²) in [6, 6.07) is 17.7. The van der Waals surface area contributed by atoms with E-state index in [4.69, 9.17) is 32.7 Å². The van der Waals surface area contributed by atoms with Crippen molar-refractivity contribution in [3.63, 3.8) is 0 Å². The van der Waals surface area contributed by atoms with Gasteiger partial charge < -0.3 is 14.8 Å². The zero-order valence-corrected chi connectivity index (χ0v) is 17.6. The highest BCUT2D eigenvalue weighted by molar-refractivity contribution is 6.35. The van der Waals surface area contributed by atoms with E-state index < -0.39 is 0 Å². The Morgan fingerprint density at radius 1 is 0.897 bits per heavy atom. The number of benzene rings is 3. The summed E-state index contributed by atoms with van der Waals surface area (Å²) in [6.45, 7) is 1.73. The summed E-state index contributed by atoms with van der Waals surface area (Å²) < 4.78 is 24.3. The number of hydrogen-bond acceptors (Lipinski definition) is 3. The number of methoxy groups -OCH3 is 1. The van der Waals surface area contributed by atoms with E-state index in [-0.39, 0.29) is 12.4 Å². The molecule has 0 radical (unpaired) electrons. The fourth-order valence-corrected chi connectivity index (χ4v) is 3.38. The molecule has 0 aromatic heterocycles. The molecule has 3 nitrogen and oxygen atoms in total. The monoisotopic (exact) mass is 433 g/mol. The van der Waals surface area contributed by atoms with E-state index in [1.165, 1.54) is 12.1 Å². The molecule has 0 fully saturated rings. The van der Waals surface area contributed by atoms with Crippen LogP contribution in [0.25, 0.3) is 0 Å². The average Bonchev–Trinajstić information content (AvgIpc) is 2.72. The Kier molecular flexibility index (Phi) is 7.76. The molecular weight excluding hydrogens is 412 g/mol. The molecule has 0 spiro atoms. The van der Waals surface area contributed by atoms with Crippen molar-refractivity contribution in [2.45, 2.75) is 19.6 Å². The van der Waals surface area contributed by atoms with Gasteiger partial charge in [-0.25, -0.2) is 4.39 Å². The van der Waals surface area contributed by atoms with Gasteiger partial charge in [-0.3, -0.25) is 0 Å². The van der Waals surface area contributed by atoms with Crippen molar-refractivity contribution in [1.82, 2.24) is 5.32 Å². The number of nitrogens with one attached hydrogen (secondary N) is 1. The van der Waals surface area contributed by atoms with Gasteiger partial charge in [0.1, 0.15) is 12.4 Å². The molecule has 3 aromatic carbocycles. The second-order valence-electron chi connectivity index (χ2n) is 6.53. The third-order valence-electron chi connectivity index (χ3n) is 4.49. The Labute approximate surface area is 180 Å². The number of halogens is 3. The zero-order chi connectivity index (χ0) is 20.6. The first-order chi connectivity index (χ1) is 14.1. The molecule has 0 bridgehead atoms. The molecule has 3 rings (SSSR count). The SMILES string of the molecule is COc1cc(CNCCc2ccc(F)cc2)ccc1OCc1c(Cl)cccc1Cl. The Morgan fingerprint density at radius 2 is 1.59 bits per heavy atom. The summed E-state index contributed by atoms with van der Waals surface area (Å²) in [4.78, 5) is 0. The van der Waals surface area contributed by atoms with Crippen LogP contribution in [0.3, 0.4) is 0 Å². The molecule has 3 aromatic rings. The molecule has 0 saturated heterocycles. The number of rotatable bonds is 9. The lowest BCUT2D eigenvalue weighted by atomic mass is 10.1. The van der Waals surface area contributed by atoms with Gasteiger partial charge in [-0.05, 0) is 60.5 Å². The molecule has 0 saturated carbocycles. The zero-order valence-electron chi connectivity index (χ0n) is 16.1. The molecule has 0 heterocycles. The summed E-state index contributed by atoms with van der Waals surface area (Å²) in [5, 5.41) is 4.52. The van der Waals surface area contributed by atoms with Crippen LogP contribution >= 0.6 is 23.2 Å². The van der Waals surface area contributed by atoms with E-state index in [2.05, 4.69) is 5.32 Å². The second-order valence-corrected chi connectivity index (χ2v) is 7.34. The third-order valence-corrected chi connectivity index (χ3v) is 5.20. The van der Waals surface area contributed by atoms with Crippen LogP contribution in [0, 0.1) is 5.82 Å². The van der Waals surface area contributed by atoms with Gasteiger partial charge in [-0.2, -0.15) is 0 Å². The van der Waals surface area contributed by atoms with Crippen LogP contribution in [0.2, 0.25) is 10.0 Å². The maximum atomic E-state index is 12.9. The first kappa shape index (κ1) is 21.4. The predicted molar refractivity (Wildman–Crippen MR) is 116 cm³/mol. The quantitative estimate of drug-likeness (QED) is 0.416. The van der Waals surface area contributed by atoms with Crippen molar-refractivity contribution in [2.24, 2.45) is 0 Å². The van der Waals surface area contributed by atoms with Gasteiger partial charge in [0.05, 0.1) is 7.11 Å². The molecule has 0 atom stereocenters. The Hall–Kier alpha value is -2.27. The van der Waals surface area contributed by atoms with Crippen LogP contribution in [-0.4, -0.2) is 13.7 Å². The normalized spacial score (nSPS) is 10.8. The molecule has 0 amide bonds. The topological polar surface area (TPSA) is 30.5 Å². The highest BCUT2D eigenvalue weighted by atomic mass is 35.5. The van der Waals surface area contributed by atoms with Gasteiger partial charge in [0.25, 0.3) is 0 Å². The van der Waals surface area contributed by atoms with Crippen LogP contribution in [0.5, 0.6) is 11.5 Å². The summed E-state index contributed by atoms with van der Waals surface area (Å²) >= 11 is 12.4. The van der Waals surface area contributed by atoms with Crippen LogP contribution in [0.4, 0.5) is 4.39 Å². The fourth-order valence-electron chi connectivity index (χ4n) is 2.88.